The van der Waals surface area contributed by atoms with E-state index in [4.69, 9.17) is 11.6 Å². The van der Waals surface area contributed by atoms with E-state index in [-0.39, 0.29) is 24.2 Å². The van der Waals surface area contributed by atoms with Crippen LogP contribution in [0.4, 0.5) is 11.4 Å². The quantitative estimate of drug-likeness (QED) is 0.829. The molecule has 0 aromatic heterocycles. The summed E-state index contributed by atoms with van der Waals surface area (Å²) < 4.78 is 0. The highest BCUT2D eigenvalue weighted by atomic mass is 35.5. The Morgan fingerprint density at radius 3 is 2.52 bits per heavy atom. The molecule has 0 unspecified atom stereocenters. The summed E-state index contributed by atoms with van der Waals surface area (Å²) in [5, 5.41) is 0.625. The molecule has 1 atom stereocenters. The second-order valence-electron chi connectivity index (χ2n) is 6.25. The monoisotopic (exact) mass is 356 g/mol. The maximum absolute atomic E-state index is 13.0. The number of aryl methyl sites for hydroxylation is 1. The van der Waals surface area contributed by atoms with E-state index < -0.39 is 0 Å². The number of hydrogen-bond donors (Lipinski definition) is 0. The summed E-state index contributed by atoms with van der Waals surface area (Å²) in [5.41, 5.74) is 2.74. The molecule has 4 nitrogen and oxygen atoms in total. The molecule has 5 heteroatoms. The predicted octanol–water partition coefficient (Wildman–Crippen LogP) is 4.05. The molecular weight excluding hydrogens is 336 g/mol. The van der Waals surface area contributed by atoms with Crippen LogP contribution in [-0.4, -0.2) is 24.9 Å². The number of nitrogens with zero attached hydrogens (tertiary/aromatic N) is 2. The molecule has 0 radical (unpaired) electrons. The largest absolute Gasteiger partial charge is 0.312 e. The summed E-state index contributed by atoms with van der Waals surface area (Å²) in [5.74, 6) is -0.356. The van der Waals surface area contributed by atoms with E-state index >= 15 is 0 Å². The molecule has 3 rings (SSSR count). The standard InChI is InChI=1S/C20H21ClN2O2/c1-3-22(18-7-5-4-6-14(18)2)20(25)15-12-19(24)23(13-15)17-10-8-16(21)9-11-17/h4-11,15H,3,12-13H2,1-2H3/t15-/m0/s1. The van der Waals surface area contributed by atoms with Gasteiger partial charge in [0.05, 0.1) is 5.92 Å². The maximum Gasteiger partial charge on any atom is 0.232 e. The van der Waals surface area contributed by atoms with Crippen LogP contribution < -0.4 is 9.80 Å². The number of anilines is 2. The van der Waals surface area contributed by atoms with Gasteiger partial charge in [-0.1, -0.05) is 29.8 Å². The van der Waals surface area contributed by atoms with Crippen molar-refractivity contribution in [1.82, 2.24) is 0 Å². The summed E-state index contributed by atoms with van der Waals surface area (Å²) in [6.45, 7) is 4.93. The van der Waals surface area contributed by atoms with Gasteiger partial charge < -0.3 is 9.80 Å². The van der Waals surface area contributed by atoms with Crippen molar-refractivity contribution < 1.29 is 9.59 Å². The van der Waals surface area contributed by atoms with Gasteiger partial charge in [0.15, 0.2) is 0 Å². The summed E-state index contributed by atoms with van der Waals surface area (Å²) in [6.07, 6.45) is 0.240. The molecule has 0 aliphatic carbocycles. The van der Waals surface area contributed by atoms with Crippen LogP contribution in [0.2, 0.25) is 5.02 Å². The molecule has 0 N–H and O–H groups in total. The van der Waals surface area contributed by atoms with Gasteiger partial charge in [-0.3, -0.25) is 9.59 Å². The molecule has 0 bridgehead atoms. The molecule has 0 spiro atoms. The first-order valence-electron chi connectivity index (χ1n) is 8.44. The molecular formula is C20H21ClN2O2. The van der Waals surface area contributed by atoms with Gasteiger partial charge in [0.1, 0.15) is 0 Å². The Bertz CT molecular complexity index is 789. The van der Waals surface area contributed by atoms with Crippen LogP contribution in [0.5, 0.6) is 0 Å². The molecule has 2 amide bonds. The summed E-state index contributed by atoms with van der Waals surface area (Å²) >= 11 is 5.91. The molecule has 1 fully saturated rings. The highest BCUT2D eigenvalue weighted by Gasteiger charge is 2.37. The minimum absolute atomic E-state index is 0.00149. The molecule has 1 saturated heterocycles. The number of carbonyl (C=O) groups excluding carboxylic acids is 2. The van der Waals surface area contributed by atoms with E-state index in [9.17, 15) is 9.59 Å². The van der Waals surface area contributed by atoms with Crippen LogP contribution in [0.1, 0.15) is 18.9 Å². The second-order valence-corrected chi connectivity index (χ2v) is 6.69. The van der Waals surface area contributed by atoms with E-state index in [0.717, 1.165) is 16.9 Å². The van der Waals surface area contributed by atoms with Gasteiger partial charge in [-0.15, -0.1) is 0 Å². The molecule has 25 heavy (non-hydrogen) atoms. The average molecular weight is 357 g/mol. The number of hydrogen-bond acceptors (Lipinski definition) is 2. The number of amides is 2. The fraction of sp³-hybridized carbons (Fsp3) is 0.300. The lowest BCUT2D eigenvalue weighted by molar-refractivity contribution is -0.124. The van der Waals surface area contributed by atoms with Crippen molar-refractivity contribution in [2.75, 3.05) is 22.9 Å². The summed E-state index contributed by atoms with van der Waals surface area (Å²) in [4.78, 5) is 28.9. The van der Waals surface area contributed by atoms with Crippen LogP contribution >= 0.6 is 11.6 Å². The van der Waals surface area contributed by atoms with E-state index in [1.807, 2.05) is 50.2 Å². The van der Waals surface area contributed by atoms with E-state index in [2.05, 4.69) is 0 Å². The SMILES string of the molecule is CCN(C(=O)[C@H]1CC(=O)N(c2ccc(Cl)cc2)C1)c1ccccc1C. The van der Waals surface area contributed by atoms with E-state index in [1.165, 1.54) is 0 Å². The topological polar surface area (TPSA) is 40.6 Å². The Hall–Kier alpha value is -2.33. The zero-order valence-corrected chi connectivity index (χ0v) is 15.2. The molecule has 2 aromatic rings. The normalized spacial score (nSPS) is 17.0. The van der Waals surface area contributed by atoms with Crippen LogP contribution in [0.25, 0.3) is 0 Å². The Kier molecular flexibility index (Phi) is 5.09. The van der Waals surface area contributed by atoms with Gasteiger partial charge in [0.25, 0.3) is 0 Å². The summed E-state index contributed by atoms with van der Waals surface area (Å²) in [7, 11) is 0. The van der Waals surface area contributed by atoms with Gasteiger partial charge in [0, 0.05) is 35.9 Å². The van der Waals surface area contributed by atoms with Gasteiger partial charge in [-0.25, -0.2) is 0 Å². The van der Waals surface area contributed by atoms with Crippen LogP contribution in [-0.2, 0) is 9.59 Å². The lowest BCUT2D eigenvalue weighted by Gasteiger charge is -2.26. The first-order valence-corrected chi connectivity index (χ1v) is 8.82. The highest BCUT2D eigenvalue weighted by molar-refractivity contribution is 6.30. The number of carbonyl (C=O) groups is 2. The number of para-hydroxylation sites is 1. The van der Waals surface area contributed by atoms with Gasteiger partial charge in [0.2, 0.25) is 11.8 Å². The third kappa shape index (κ3) is 3.54. The van der Waals surface area contributed by atoms with Crippen molar-refractivity contribution in [3.63, 3.8) is 0 Å². The molecule has 1 aliphatic heterocycles. The number of halogens is 1. The number of rotatable bonds is 4. The Labute approximate surface area is 153 Å². The van der Waals surface area contributed by atoms with Crippen LogP contribution in [0, 0.1) is 12.8 Å². The smallest absolute Gasteiger partial charge is 0.232 e. The number of benzene rings is 2. The lowest BCUT2D eigenvalue weighted by atomic mass is 10.1. The maximum atomic E-state index is 13.0. The predicted molar refractivity (Wildman–Crippen MR) is 101 cm³/mol. The molecule has 130 valence electrons. The zero-order chi connectivity index (χ0) is 18.0. The van der Waals surface area contributed by atoms with Crippen molar-refractivity contribution in [1.29, 1.82) is 0 Å². The molecule has 2 aromatic carbocycles. The first-order chi connectivity index (χ1) is 12.0. The minimum Gasteiger partial charge on any atom is -0.312 e. The van der Waals surface area contributed by atoms with Crippen LogP contribution in [0.15, 0.2) is 48.5 Å². The Morgan fingerprint density at radius 1 is 1.20 bits per heavy atom. The third-order valence-electron chi connectivity index (χ3n) is 4.60. The first kappa shape index (κ1) is 17.5. The molecule has 0 saturated carbocycles. The van der Waals surface area contributed by atoms with E-state index in [0.29, 0.717) is 18.1 Å². The van der Waals surface area contributed by atoms with Crippen molar-refractivity contribution in [2.45, 2.75) is 20.3 Å². The van der Waals surface area contributed by atoms with Crippen molar-refractivity contribution in [3.8, 4) is 0 Å². The van der Waals surface area contributed by atoms with Gasteiger partial charge >= 0.3 is 0 Å². The van der Waals surface area contributed by atoms with Gasteiger partial charge in [-0.2, -0.15) is 0 Å². The lowest BCUT2D eigenvalue weighted by Crippen LogP contribution is -2.37. The Morgan fingerprint density at radius 2 is 1.88 bits per heavy atom. The average Bonchev–Trinajstić information content (AvgIpc) is 2.99. The minimum atomic E-state index is -0.331. The fourth-order valence-electron chi connectivity index (χ4n) is 3.28. The van der Waals surface area contributed by atoms with Crippen LogP contribution in [0.3, 0.4) is 0 Å². The highest BCUT2D eigenvalue weighted by Crippen LogP contribution is 2.29. The second kappa shape index (κ2) is 7.28. The van der Waals surface area contributed by atoms with Gasteiger partial charge in [-0.05, 0) is 49.7 Å². The third-order valence-corrected chi connectivity index (χ3v) is 4.85. The fourth-order valence-corrected chi connectivity index (χ4v) is 3.40. The molecule has 1 heterocycles. The van der Waals surface area contributed by atoms with Crippen molar-refractivity contribution >= 4 is 34.8 Å². The van der Waals surface area contributed by atoms with E-state index in [1.54, 1.807) is 21.9 Å². The molecule has 1 aliphatic rings. The van der Waals surface area contributed by atoms with Crippen molar-refractivity contribution in [2.24, 2.45) is 5.92 Å². The van der Waals surface area contributed by atoms with Crippen molar-refractivity contribution in [3.05, 3.63) is 59.1 Å². The summed E-state index contributed by atoms with van der Waals surface area (Å²) in [6, 6.07) is 15.0. The zero-order valence-electron chi connectivity index (χ0n) is 14.4. The Balaban J connectivity index is 1.80.